The van der Waals surface area contributed by atoms with Crippen molar-refractivity contribution < 1.29 is 14.8 Å². The second-order valence-corrected chi connectivity index (χ2v) is 5.68. The number of carbonyl (C=O) groups is 1. The predicted molar refractivity (Wildman–Crippen MR) is 86.5 cm³/mol. The van der Waals surface area contributed by atoms with E-state index >= 15 is 0 Å². The van der Waals surface area contributed by atoms with Crippen LogP contribution in [0.25, 0.3) is 0 Å². The Labute approximate surface area is 137 Å². The zero-order valence-corrected chi connectivity index (χ0v) is 13.1. The summed E-state index contributed by atoms with van der Waals surface area (Å²) in [5, 5.41) is 24.1. The molecule has 23 heavy (non-hydrogen) atoms. The van der Waals surface area contributed by atoms with Crippen molar-refractivity contribution in [2.45, 2.75) is 12.5 Å². The van der Waals surface area contributed by atoms with Gasteiger partial charge in [-0.25, -0.2) is 0 Å². The Balaban J connectivity index is 2.16. The molecule has 0 heterocycles. The van der Waals surface area contributed by atoms with Crippen molar-refractivity contribution in [3.05, 3.63) is 74.8 Å². The van der Waals surface area contributed by atoms with Crippen molar-refractivity contribution in [1.82, 2.24) is 5.32 Å². The molecule has 0 radical (unpaired) electrons. The maximum absolute atomic E-state index is 12.2. The van der Waals surface area contributed by atoms with E-state index in [0.717, 1.165) is 6.07 Å². The minimum absolute atomic E-state index is 0.0877. The summed E-state index contributed by atoms with van der Waals surface area (Å²) in [6.45, 7) is 1.47. The Morgan fingerprint density at radius 2 is 1.96 bits per heavy atom. The maximum Gasteiger partial charge on any atom is 0.283 e. The highest BCUT2D eigenvalue weighted by Gasteiger charge is 2.26. The number of nitrogens with zero attached hydrogens (tertiary/aromatic N) is 1. The minimum Gasteiger partial charge on any atom is -0.384 e. The van der Waals surface area contributed by atoms with Crippen LogP contribution in [0.1, 0.15) is 22.8 Å². The first-order chi connectivity index (χ1) is 10.8. The van der Waals surface area contributed by atoms with Gasteiger partial charge in [0.05, 0.1) is 11.5 Å². The number of rotatable bonds is 5. The average molecular weight is 335 g/mol. The van der Waals surface area contributed by atoms with E-state index in [1.165, 1.54) is 12.1 Å². The van der Waals surface area contributed by atoms with Gasteiger partial charge < -0.3 is 10.4 Å². The summed E-state index contributed by atoms with van der Waals surface area (Å²) in [7, 11) is 0. The third kappa shape index (κ3) is 4.06. The summed E-state index contributed by atoms with van der Waals surface area (Å²) >= 11 is 5.72. The summed E-state index contributed by atoms with van der Waals surface area (Å²) in [6, 6.07) is 12.6. The number of nitrogens with one attached hydrogen (secondary N) is 1. The average Bonchev–Trinajstić information content (AvgIpc) is 2.53. The Kier molecular flexibility index (Phi) is 4.98. The van der Waals surface area contributed by atoms with Crippen molar-refractivity contribution in [3.8, 4) is 0 Å². The molecule has 7 heteroatoms. The lowest BCUT2D eigenvalue weighted by atomic mass is 9.96. The van der Waals surface area contributed by atoms with E-state index in [1.54, 1.807) is 31.2 Å². The molecule has 2 N–H and O–H groups in total. The van der Waals surface area contributed by atoms with E-state index in [-0.39, 0.29) is 22.8 Å². The van der Waals surface area contributed by atoms with Crippen LogP contribution in [0.15, 0.2) is 48.5 Å². The summed E-state index contributed by atoms with van der Waals surface area (Å²) in [5.41, 5.74) is -1.15. The quantitative estimate of drug-likeness (QED) is 0.649. The number of hydrogen-bond acceptors (Lipinski definition) is 4. The van der Waals surface area contributed by atoms with Gasteiger partial charge in [-0.3, -0.25) is 14.9 Å². The Morgan fingerprint density at radius 1 is 1.30 bits per heavy atom. The van der Waals surface area contributed by atoms with E-state index in [9.17, 15) is 20.0 Å². The molecule has 1 unspecified atom stereocenters. The molecule has 2 aromatic carbocycles. The van der Waals surface area contributed by atoms with Gasteiger partial charge in [0.25, 0.3) is 11.6 Å². The Hall–Kier alpha value is -2.44. The maximum atomic E-state index is 12.2. The van der Waals surface area contributed by atoms with Gasteiger partial charge in [-0.05, 0) is 24.6 Å². The zero-order valence-electron chi connectivity index (χ0n) is 12.3. The van der Waals surface area contributed by atoms with E-state index in [1.807, 2.05) is 6.07 Å². The van der Waals surface area contributed by atoms with Gasteiger partial charge in [-0.1, -0.05) is 41.9 Å². The van der Waals surface area contributed by atoms with Gasteiger partial charge in [0, 0.05) is 11.1 Å². The monoisotopic (exact) mass is 334 g/mol. The lowest BCUT2D eigenvalue weighted by Gasteiger charge is -2.24. The number of hydrogen-bond donors (Lipinski definition) is 2. The number of carbonyl (C=O) groups excluding carboxylic acids is 1. The van der Waals surface area contributed by atoms with Crippen LogP contribution in [-0.4, -0.2) is 22.5 Å². The molecule has 1 atom stereocenters. The van der Waals surface area contributed by atoms with Crippen LogP contribution >= 0.6 is 11.6 Å². The van der Waals surface area contributed by atoms with Crippen molar-refractivity contribution in [2.24, 2.45) is 0 Å². The van der Waals surface area contributed by atoms with Crippen molar-refractivity contribution in [1.29, 1.82) is 0 Å². The minimum atomic E-state index is -1.29. The third-order valence-corrected chi connectivity index (χ3v) is 3.63. The fraction of sp³-hybridized carbons (Fsp3) is 0.188. The summed E-state index contributed by atoms with van der Waals surface area (Å²) < 4.78 is 0. The SMILES string of the molecule is CC(O)(CNC(=O)c1ccc(Cl)cc1[N+](=O)[O-])c1ccccc1. The molecule has 2 aromatic rings. The molecule has 0 aliphatic rings. The number of nitro benzene ring substituents is 1. The van der Waals surface area contributed by atoms with Crippen LogP contribution in [0, 0.1) is 10.1 Å². The molecule has 2 rings (SSSR count). The molecule has 6 nitrogen and oxygen atoms in total. The molecule has 0 fully saturated rings. The van der Waals surface area contributed by atoms with Gasteiger partial charge in [-0.2, -0.15) is 0 Å². The van der Waals surface area contributed by atoms with Crippen LogP contribution in [0.5, 0.6) is 0 Å². The zero-order chi connectivity index (χ0) is 17.0. The fourth-order valence-corrected chi connectivity index (χ4v) is 2.26. The van der Waals surface area contributed by atoms with Crippen LogP contribution in [0.4, 0.5) is 5.69 Å². The highest BCUT2D eigenvalue weighted by Crippen LogP contribution is 2.24. The fourth-order valence-electron chi connectivity index (χ4n) is 2.09. The second kappa shape index (κ2) is 6.76. The number of aliphatic hydroxyl groups is 1. The molecule has 120 valence electrons. The summed E-state index contributed by atoms with van der Waals surface area (Å²) in [6.07, 6.45) is 0. The third-order valence-electron chi connectivity index (χ3n) is 3.39. The molecule has 0 aliphatic carbocycles. The normalized spacial score (nSPS) is 13.2. The van der Waals surface area contributed by atoms with Gasteiger partial charge in [0.15, 0.2) is 0 Å². The molecule has 0 saturated heterocycles. The van der Waals surface area contributed by atoms with Crippen LogP contribution in [0.3, 0.4) is 0 Å². The van der Waals surface area contributed by atoms with Crippen molar-refractivity contribution >= 4 is 23.2 Å². The van der Waals surface area contributed by atoms with E-state index in [4.69, 9.17) is 11.6 Å². The Bertz CT molecular complexity index is 732. The standard InChI is InChI=1S/C16H15ClN2O4/c1-16(21,11-5-3-2-4-6-11)10-18-15(20)13-8-7-12(17)9-14(13)19(22)23/h2-9,21H,10H2,1H3,(H,18,20). The highest BCUT2D eigenvalue weighted by molar-refractivity contribution is 6.31. The summed E-state index contributed by atoms with van der Waals surface area (Å²) in [4.78, 5) is 22.5. The lowest BCUT2D eigenvalue weighted by Crippen LogP contribution is -2.38. The largest absolute Gasteiger partial charge is 0.384 e. The number of benzene rings is 2. The molecule has 0 aromatic heterocycles. The van der Waals surface area contributed by atoms with Gasteiger partial charge >= 0.3 is 0 Å². The molecule has 1 amide bonds. The topological polar surface area (TPSA) is 92.5 Å². The van der Waals surface area contributed by atoms with Gasteiger partial charge in [0.2, 0.25) is 0 Å². The van der Waals surface area contributed by atoms with E-state index in [2.05, 4.69) is 5.32 Å². The van der Waals surface area contributed by atoms with Gasteiger partial charge in [-0.15, -0.1) is 0 Å². The van der Waals surface area contributed by atoms with Crippen LogP contribution in [0.2, 0.25) is 5.02 Å². The van der Waals surface area contributed by atoms with E-state index in [0.29, 0.717) is 5.56 Å². The molecular weight excluding hydrogens is 320 g/mol. The number of nitro groups is 1. The number of amides is 1. The number of halogens is 1. The smallest absolute Gasteiger partial charge is 0.283 e. The molecule has 0 spiro atoms. The highest BCUT2D eigenvalue weighted by atomic mass is 35.5. The van der Waals surface area contributed by atoms with Crippen LogP contribution in [-0.2, 0) is 5.60 Å². The molecular formula is C16H15ClN2O4. The first kappa shape index (κ1) is 16.9. The molecule has 0 bridgehead atoms. The van der Waals surface area contributed by atoms with Crippen molar-refractivity contribution in [2.75, 3.05) is 6.54 Å². The second-order valence-electron chi connectivity index (χ2n) is 5.24. The first-order valence-corrected chi connectivity index (χ1v) is 7.19. The van der Waals surface area contributed by atoms with Gasteiger partial charge in [0.1, 0.15) is 11.2 Å². The first-order valence-electron chi connectivity index (χ1n) is 6.81. The van der Waals surface area contributed by atoms with Crippen molar-refractivity contribution in [3.63, 3.8) is 0 Å². The summed E-state index contributed by atoms with van der Waals surface area (Å²) in [5.74, 6) is -0.649. The molecule has 0 saturated carbocycles. The predicted octanol–water partition coefficient (Wildman–Crippen LogP) is 2.89. The van der Waals surface area contributed by atoms with E-state index < -0.39 is 16.4 Å². The molecule has 0 aliphatic heterocycles. The van der Waals surface area contributed by atoms with Crippen LogP contribution < -0.4 is 5.32 Å². The Morgan fingerprint density at radius 3 is 2.57 bits per heavy atom. The lowest BCUT2D eigenvalue weighted by molar-refractivity contribution is -0.385.